The molecule has 1 aromatic carbocycles. The van der Waals surface area contributed by atoms with Crippen LogP contribution < -0.4 is 5.43 Å². The van der Waals surface area contributed by atoms with Crippen molar-refractivity contribution in [2.75, 3.05) is 0 Å². The topological polar surface area (TPSA) is 70.1 Å². The lowest BCUT2D eigenvalue weighted by Crippen LogP contribution is -2.17. The lowest BCUT2D eigenvalue weighted by atomic mass is 10.2. The fourth-order valence-corrected chi connectivity index (χ4v) is 1.94. The van der Waals surface area contributed by atoms with Crippen molar-refractivity contribution in [2.24, 2.45) is 5.10 Å². The van der Waals surface area contributed by atoms with E-state index < -0.39 is 0 Å². The van der Waals surface area contributed by atoms with Gasteiger partial charge in [-0.05, 0) is 12.1 Å². The van der Waals surface area contributed by atoms with Gasteiger partial charge in [-0.3, -0.25) is 9.78 Å². The molecule has 2 heterocycles. The predicted molar refractivity (Wildman–Crippen MR) is 77.6 cm³/mol. The van der Waals surface area contributed by atoms with E-state index >= 15 is 0 Å². The monoisotopic (exact) mass is 264 g/mol. The summed E-state index contributed by atoms with van der Waals surface area (Å²) in [5.74, 6) is -0.248. The lowest BCUT2D eigenvalue weighted by Gasteiger charge is -1.97. The van der Waals surface area contributed by atoms with E-state index in [-0.39, 0.29) is 5.91 Å². The maximum Gasteiger partial charge on any atom is 0.273 e. The number of fused-ring (bicyclic) bond motifs is 1. The number of nitrogens with one attached hydrogen (secondary N) is 2. The van der Waals surface area contributed by atoms with E-state index in [1.807, 2.05) is 36.4 Å². The van der Waals surface area contributed by atoms with Crippen LogP contribution in [0.1, 0.15) is 15.9 Å². The molecule has 0 bridgehead atoms. The molecule has 0 fully saturated rings. The second kappa shape index (κ2) is 5.36. The first-order valence-electron chi connectivity index (χ1n) is 6.14. The van der Waals surface area contributed by atoms with Crippen molar-refractivity contribution in [3.05, 3.63) is 66.1 Å². The van der Waals surface area contributed by atoms with Crippen LogP contribution in [-0.2, 0) is 0 Å². The molecule has 5 heteroatoms. The van der Waals surface area contributed by atoms with E-state index in [0.29, 0.717) is 5.56 Å². The van der Waals surface area contributed by atoms with Gasteiger partial charge in [0.05, 0.1) is 11.8 Å². The summed E-state index contributed by atoms with van der Waals surface area (Å²) in [6, 6.07) is 11.3. The highest BCUT2D eigenvalue weighted by atomic mass is 16.2. The molecule has 0 aliphatic carbocycles. The molecule has 0 aliphatic heterocycles. The third-order valence-corrected chi connectivity index (χ3v) is 2.90. The standard InChI is InChI=1S/C15H12N4O/c20-15(19-18-9-11-4-3-7-16-8-11)13-10-17-14-6-2-1-5-12(13)14/h1-10,17H,(H,19,20)/b18-9+. The minimum atomic E-state index is -0.248. The number of pyridine rings is 1. The first-order valence-corrected chi connectivity index (χ1v) is 6.14. The number of rotatable bonds is 3. The Morgan fingerprint density at radius 3 is 3.00 bits per heavy atom. The zero-order valence-electron chi connectivity index (χ0n) is 10.6. The molecule has 1 amide bonds. The van der Waals surface area contributed by atoms with Gasteiger partial charge in [0, 0.05) is 35.1 Å². The Balaban J connectivity index is 1.75. The molecule has 0 aliphatic rings. The summed E-state index contributed by atoms with van der Waals surface area (Å²) >= 11 is 0. The molecule has 0 atom stereocenters. The molecule has 20 heavy (non-hydrogen) atoms. The van der Waals surface area contributed by atoms with Crippen LogP contribution in [0.4, 0.5) is 0 Å². The molecule has 2 N–H and O–H groups in total. The van der Waals surface area contributed by atoms with Crippen molar-refractivity contribution in [1.29, 1.82) is 0 Å². The number of H-pyrrole nitrogens is 1. The van der Waals surface area contributed by atoms with Gasteiger partial charge in [0.2, 0.25) is 0 Å². The number of carbonyl (C=O) groups is 1. The van der Waals surface area contributed by atoms with E-state index in [2.05, 4.69) is 20.5 Å². The number of hydrogen-bond donors (Lipinski definition) is 2. The van der Waals surface area contributed by atoms with Gasteiger partial charge < -0.3 is 4.98 Å². The van der Waals surface area contributed by atoms with Gasteiger partial charge in [0.1, 0.15) is 0 Å². The number of para-hydroxylation sites is 1. The summed E-state index contributed by atoms with van der Waals surface area (Å²) in [7, 11) is 0. The Kier molecular flexibility index (Phi) is 3.24. The van der Waals surface area contributed by atoms with E-state index in [1.165, 1.54) is 0 Å². The summed E-state index contributed by atoms with van der Waals surface area (Å²) < 4.78 is 0. The third-order valence-electron chi connectivity index (χ3n) is 2.90. The molecule has 5 nitrogen and oxygen atoms in total. The fourth-order valence-electron chi connectivity index (χ4n) is 1.94. The second-order valence-electron chi connectivity index (χ2n) is 4.23. The lowest BCUT2D eigenvalue weighted by molar-refractivity contribution is 0.0957. The minimum Gasteiger partial charge on any atom is -0.360 e. The molecule has 3 aromatic rings. The SMILES string of the molecule is O=C(N/N=C/c1cccnc1)c1c[nH]c2ccccc12. The summed E-state index contributed by atoms with van der Waals surface area (Å²) in [6.07, 6.45) is 6.59. The van der Waals surface area contributed by atoms with Crippen molar-refractivity contribution in [1.82, 2.24) is 15.4 Å². The van der Waals surface area contributed by atoms with Crippen molar-refractivity contribution in [2.45, 2.75) is 0 Å². The van der Waals surface area contributed by atoms with Crippen molar-refractivity contribution in [3.63, 3.8) is 0 Å². The average Bonchev–Trinajstić information content (AvgIpc) is 2.92. The van der Waals surface area contributed by atoms with Crippen LogP contribution >= 0.6 is 0 Å². The number of benzene rings is 1. The Morgan fingerprint density at radius 1 is 1.25 bits per heavy atom. The van der Waals surface area contributed by atoms with Crippen molar-refractivity contribution >= 4 is 23.0 Å². The van der Waals surface area contributed by atoms with Gasteiger partial charge in [0.15, 0.2) is 0 Å². The van der Waals surface area contributed by atoms with Crippen LogP contribution in [0.5, 0.6) is 0 Å². The molecular weight excluding hydrogens is 252 g/mol. The van der Waals surface area contributed by atoms with E-state index in [0.717, 1.165) is 16.5 Å². The highest BCUT2D eigenvalue weighted by Crippen LogP contribution is 2.17. The number of carbonyl (C=O) groups excluding carboxylic acids is 1. The van der Waals surface area contributed by atoms with Gasteiger partial charge >= 0.3 is 0 Å². The van der Waals surface area contributed by atoms with Crippen LogP contribution in [0.15, 0.2) is 60.1 Å². The molecular formula is C15H12N4O. The van der Waals surface area contributed by atoms with Crippen molar-refractivity contribution < 1.29 is 4.79 Å². The number of nitrogens with zero attached hydrogens (tertiary/aromatic N) is 2. The average molecular weight is 264 g/mol. The third kappa shape index (κ3) is 2.42. The largest absolute Gasteiger partial charge is 0.360 e. The maximum absolute atomic E-state index is 12.0. The Hall–Kier alpha value is -2.95. The number of hydrazone groups is 1. The highest BCUT2D eigenvalue weighted by molar-refractivity contribution is 6.06. The van der Waals surface area contributed by atoms with Crippen LogP contribution in [0, 0.1) is 0 Å². The molecule has 2 aromatic heterocycles. The molecule has 3 rings (SSSR count). The first-order chi connectivity index (χ1) is 9.84. The first kappa shape index (κ1) is 12.1. The number of aromatic nitrogens is 2. The molecule has 0 unspecified atom stereocenters. The quantitative estimate of drug-likeness (QED) is 0.563. The highest BCUT2D eigenvalue weighted by Gasteiger charge is 2.10. The van der Waals surface area contributed by atoms with Gasteiger partial charge in [0.25, 0.3) is 5.91 Å². The normalized spacial score (nSPS) is 11.0. The van der Waals surface area contributed by atoms with Crippen LogP contribution in [0.3, 0.4) is 0 Å². The smallest absolute Gasteiger partial charge is 0.273 e. The zero-order chi connectivity index (χ0) is 13.8. The Labute approximate surface area is 115 Å². The predicted octanol–water partition coefficient (Wildman–Crippen LogP) is 2.33. The van der Waals surface area contributed by atoms with Gasteiger partial charge in [-0.1, -0.05) is 24.3 Å². The molecule has 0 radical (unpaired) electrons. The van der Waals surface area contributed by atoms with E-state index in [9.17, 15) is 4.79 Å². The second-order valence-corrected chi connectivity index (χ2v) is 4.23. The summed E-state index contributed by atoms with van der Waals surface area (Å²) in [6.45, 7) is 0. The molecule has 0 spiro atoms. The van der Waals surface area contributed by atoms with E-state index in [4.69, 9.17) is 0 Å². The summed E-state index contributed by atoms with van der Waals surface area (Å²) in [5, 5.41) is 4.80. The number of hydrogen-bond acceptors (Lipinski definition) is 3. The molecule has 0 saturated heterocycles. The zero-order valence-corrected chi connectivity index (χ0v) is 10.6. The van der Waals surface area contributed by atoms with Gasteiger partial charge in [-0.15, -0.1) is 0 Å². The Morgan fingerprint density at radius 2 is 2.15 bits per heavy atom. The fraction of sp³-hybridized carbons (Fsp3) is 0. The van der Waals surface area contributed by atoms with Crippen LogP contribution in [0.25, 0.3) is 10.9 Å². The van der Waals surface area contributed by atoms with Gasteiger partial charge in [-0.25, -0.2) is 5.43 Å². The van der Waals surface area contributed by atoms with Crippen LogP contribution in [0.2, 0.25) is 0 Å². The minimum absolute atomic E-state index is 0.248. The van der Waals surface area contributed by atoms with Crippen molar-refractivity contribution in [3.8, 4) is 0 Å². The maximum atomic E-state index is 12.0. The summed E-state index contributed by atoms with van der Waals surface area (Å²) in [5.41, 5.74) is 4.83. The molecule has 0 saturated carbocycles. The van der Waals surface area contributed by atoms with Crippen LogP contribution in [-0.4, -0.2) is 22.1 Å². The molecule has 98 valence electrons. The summed E-state index contributed by atoms with van der Waals surface area (Å²) in [4.78, 5) is 19.1. The number of amides is 1. The van der Waals surface area contributed by atoms with Gasteiger partial charge in [-0.2, -0.15) is 5.10 Å². The Bertz CT molecular complexity index is 762. The van der Waals surface area contributed by atoms with E-state index in [1.54, 1.807) is 24.8 Å². The number of aromatic amines is 1.